The lowest BCUT2D eigenvalue weighted by Crippen LogP contribution is -2.33. The van der Waals surface area contributed by atoms with Gasteiger partial charge in [0, 0.05) is 38.2 Å². The number of benzene rings is 1. The van der Waals surface area contributed by atoms with E-state index >= 15 is 0 Å². The topological polar surface area (TPSA) is 32.3 Å². The summed E-state index contributed by atoms with van der Waals surface area (Å²) in [6.07, 6.45) is 2.65. The van der Waals surface area contributed by atoms with E-state index < -0.39 is 0 Å². The van der Waals surface area contributed by atoms with Crippen LogP contribution in [0.25, 0.3) is 0 Å². The minimum absolute atomic E-state index is 0.403. The van der Waals surface area contributed by atoms with Crippen LogP contribution in [0.4, 0.5) is 5.69 Å². The number of hydrogen-bond donors (Lipinski definition) is 1. The van der Waals surface area contributed by atoms with Gasteiger partial charge in [0.15, 0.2) is 0 Å². The maximum absolute atomic E-state index is 11.2. The number of anilines is 1. The summed E-state index contributed by atoms with van der Waals surface area (Å²) in [5.74, 6) is 1.09. The fourth-order valence-electron chi connectivity index (χ4n) is 2.91. The van der Waals surface area contributed by atoms with E-state index in [1.165, 1.54) is 17.7 Å². The van der Waals surface area contributed by atoms with E-state index in [0.29, 0.717) is 24.5 Å². The minimum Gasteiger partial charge on any atom is -0.371 e. The van der Waals surface area contributed by atoms with Crippen LogP contribution in [0, 0.1) is 0 Å². The molecule has 0 saturated carbocycles. The van der Waals surface area contributed by atoms with Gasteiger partial charge in [0.2, 0.25) is 0 Å². The molecule has 0 aliphatic carbocycles. The molecule has 2 heterocycles. The summed E-state index contributed by atoms with van der Waals surface area (Å²) in [4.78, 5) is 13.6. The third-order valence-electron chi connectivity index (χ3n) is 4.11. The van der Waals surface area contributed by atoms with Crippen LogP contribution in [0.5, 0.6) is 0 Å². The standard InChI is InChI=1S/C15H20N2O/c18-15-6-9-17(10-7-15)14-3-1-12(2-4-14)13-5-8-16-11-13/h1-4,13,16H,5-11H2. The maximum atomic E-state index is 11.2. The van der Waals surface area contributed by atoms with Crippen molar-refractivity contribution in [2.24, 2.45) is 0 Å². The fraction of sp³-hybridized carbons (Fsp3) is 0.533. The molecule has 2 aliphatic rings. The zero-order valence-electron chi connectivity index (χ0n) is 10.7. The third-order valence-corrected chi connectivity index (χ3v) is 4.11. The van der Waals surface area contributed by atoms with Crippen LogP contribution in [0.2, 0.25) is 0 Å². The summed E-state index contributed by atoms with van der Waals surface area (Å²) < 4.78 is 0. The van der Waals surface area contributed by atoms with Gasteiger partial charge < -0.3 is 10.2 Å². The Hall–Kier alpha value is -1.35. The summed E-state index contributed by atoms with van der Waals surface area (Å²) in [6.45, 7) is 4.00. The third kappa shape index (κ3) is 2.41. The van der Waals surface area contributed by atoms with Crippen LogP contribution in [-0.2, 0) is 4.79 Å². The number of carbonyl (C=O) groups excluding carboxylic acids is 1. The molecule has 1 atom stereocenters. The maximum Gasteiger partial charge on any atom is 0.136 e. The highest BCUT2D eigenvalue weighted by Crippen LogP contribution is 2.25. The molecule has 0 amide bonds. The second-order valence-electron chi connectivity index (χ2n) is 5.31. The number of nitrogens with one attached hydrogen (secondary N) is 1. The van der Waals surface area contributed by atoms with Gasteiger partial charge in [-0.25, -0.2) is 0 Å². The lowest BCUT2D eigenvalue weighted by Gasteiger charge is -2.28. The number of Topliss-reactive ketones (excluding diaryl/α,β-unsaturated/α-hetero) is 1. The van der Waals surface area contributed by atoms with Gasteiger partial charge in [-0.1, -0.05) is 12.1 Å². The molecule has 1 unspecified atom stereocenters. The van der Waals surface area contributed by atoms with Crippen LogP contribution in [0.15, 0.2) is 24.3 Å². The summed E-state index contributed by atoms with van der Waals surface area (Å²) >= 11 is 0. The van der Waals surface area contributed by atoms with E-state index in [0.717, 1.165) is 26.2 Å². The SMILES string of the molecule is O=C1CCN(c2ccc(C3CCNC3)cc2)CC1. The zero-order valence-corrected chi connectivity index (χ0v) is 10.7. The van der Waals surface area contributed by atoms with Gasteiger partial charge in [-0.2, -0.15) is 0 Å². The molecule has 3 rings (SSSR count). The largest absolute Gasteiger partial charge is 0.371 e. The Balaban J connectivity index is 1.68. The van der Waals surface area contributed by atoms with Gasteiger partial charge in [-0.15, -0.1) is 0 Å². The highest BCUT2D eigenvalue weighted by atomic mass is 16.1. The Morgan fingerprint density at radius 2 is 1.83 bits per heavy atom. The highest BCUT2D eigenvalue weighted by molar-refractivity contribution is 5.81. The van der Waals surface area contributed by atoms with Gasteiger partial charge >= 0.3 is 0 Å². The number of nitrogens with zero attached hydrogens (tertiary/aromatic N) is 1. The van der Waals surface area contributed by atoms with Crippen molar-refractivity contribution in [3.8, 4) is 0 Å². The van der Waals surface area contributed by atoms with E-state index in [1.807, 2.05) is 0 Å². The predicted octanol–water partition coefficient (Wildman–Crippen LogP) is 1.93. The molecular weight excluding hydrogens is 224 g/mol. The molecule has 0 aromatic heterocycles. The first-order chi connectivity index (χ1) is 8.83. The number of carbonyl (C=O) groups is 1. The van der Waals surface area contributed by atoms with Crippen LogP contribution in [-0.4, -0.2) is 32.0 Å². The Morgan fingerprint density at radius 3 is 2.44 bits per heavy atom. The molecule has 0 bridgehead atoms. The van der Waals surface area contributed by atoms with Crippen molar-refractivity contribution >= 4 is 11.5 Å². The predicted molar refractivity (Wildman–Crippen MR) is 73.1 cm³/mol. The van der Waals surface area contributed by atoms with Crippen molar-refractivity contribution in [2.45, 2.75) is 25.2 Å². The second kappa shape index (κ2) is 5.11. The molecule has 2 fully saturated rings. The molecule has 0 radical (unpaired) electrons. The van der Waals surface area contributed by atoms with Crippen molar-refractivity contribution in [3.05, 3.63) is 29.8 Å². The Labute approximate surface area is 108 Å². The molecule has 3 heteroatoms. The molecule has 2 aliphatic heterocycles. The number of piperidine rings is 1. The highest BCUT2D eigenvalue weighted by Gasteiger charge is 2.18. The first-order valence-electron chi connectivity index (χ1n) is 6.90. The number of hydrogen-bond acceptors (Lipinski definition) is 3. The van der Waals surface area contributed by atoms with Crippen molar-refractivity contribution in [2.75, 3.05) is 31.1 Å². The fourth-order valence-corrected chi connectivity index (χ4v) is 2.91. The van der Waals surface area contributed by atoms with Gasteiger partial charge in [0.25, 0.3) is 0 Å². The first-order valence-corrected chi connectivity index (χ1v) is 6.90. The van der Waals surface area contributed by atoms with Crippen LogP contribution in [0.1, 0.15) is 30.7 Å². The van der Waals surface area contributed by atoms with E-state index in [2.05, 4.69) is 34.5 Å². The summed E-state index contributed by atoms with van der Waals surface area (Å²) in [7, 11) is 0. The molecule has 1 N–H and O–H groups in total. The van der Waals surface area contributed by atoms with Gasteiger partial charge in [0.05, 0.1) is 0 Å². The Morgan fingerprint density at radius 1 is 1.11 bits per heavy atom. The van der Waals surface area contributed by atoms with Crippen molar-refractivity contribution < 1.29 is 4.79 Å². The second-order valence-corrected chi connectivity index (χ2v) is 5.31. The molecule has 96 valence electrons. The monoisotopic (exact) mass is 244 g/mol. The van der Waals surface area contributed by atoms with E-state index in [9.17, 15) is 4.79 Å². The molecule has 1 aromatic carbocycles. The van der Waals surface area contributed by atoms with Gasteiger partial charge in [0.1, 0.15) is 5.78 Å². The van der Waals surface area contributed by atoms with Crippen LogP contribution in [0.3, 0.4) is 0 Å². The Bertz CT molecular complexity index is 411. The summed E-state index contributed by atoms with van der Waals surface area (Å²) in [5, 5.41) is 3.41. The lowest BCUT2D eigenvalue weighted by molar-refractivity contribution is -0.119. The van der Waals surface area contributed by atoms with Crippen LogP contribution < -0.4 is 10.2 Å². The Kier molecular flexibility index (Phi) is 3.33. The summed E-state index contributed by atoms with van der Waals surface area (Å²) in [5.41, 5.74) is 2.70. The number of rotatable bonds is 2. The quantitative estimate of drug-likeness (QED) is 0.863. The van der Waals surface area contributed by atoms with E-state index in [-0.39, 0.29) is 0 Å². The average Bonchev–Trinajstić information content (AvgIpc) is 2.94. The molecule has 18 heavy (non-hydrogen) atoms. The van der Waals surface area contributed by atoms with Crippen LogP contribution >= 0.6 is 0 Å². The molecule has 3 nitrogen and oxygen atoms in total. The average molecular weight is 244 g/mol. The van der Waals surface area contributed by atoms with Gasteiger partial charge in [-0.3, -0.25) is 4.79 Å². The van der Waals surface area contributed by atoms with Crippen molar-refractivity contribution in [3.63, 3.8) is 0 Å². The lowest BCUT2D eigenvalue weighted by atomic mass is 9.98. The number of ketones is 1. The van der Waals surface area contributed by atoms with Crippen molar-refractivity contribution in [1.82, 2.24) is 5.32 Å². The normalized spacial score (nSPS) is 24.6. The first kappa shape index (κ1) is 11.7. The minimum atomic E-state index is 0.403. The van der Waals surface area contributed by atoms with E-state index in [4.69, 9.17) is 0 Å². The molecular formula is C15H20N2O. The smallest absolute Gasteiger partial charge is 0.136 e. The van der Waals surface area contributed by atoms with Crippen molar-refractivity contribution in [1.29, 1.82) is 0 Å². The molecule has 1 aromatic rings. The van der Waals surface area contributed by atoms with E-state index in [1.54, 1.807) is 0 Å². The molecule has 2 saturated heterocycles. The van der Waals surface area contributed by atoms with Gasteiger partial charge in [-0.05, 0) is 36.6 Å². The molecule has 0 spiro atoms. The zero-order chi connectivity index (χ0) is 12.4. The summed E-state index contributed by atoms with van der Waals surface area (Å²) in [6, 6.07) is 8.93.